The number of fused-ring (bicyclic) bond motifs is 2. The number of carbonyl (C=O) groups excluding carboxylic acids is 2. The number of hydrogen-bond acceptors (Lipinski definition) is 9. The van der Waals surface area contributed by atoms with Crippen molar-refractivity contribution in [1.29, 1.82) is 0 Å². The van der Waals surface area contributed by atoms with E-state index < -0.39 is 30.6 Å². The van der Waals surface area contributed by atoms with Gasteiger partial charge in [-0.2, -0.15) is 0 Å². The fraction of sp³-hybridized carbons (Fsp3) is 0.300. The van der Waals surface area contributed by atoms with Gasteiger partial charge in [-0.15, -0.1) is 0 Å². The summed E-state index contributed by atoms with van der Waals surface area (Å²) in [5, 5.41) is 38.1. The monoisotopic (exact) mass is 585 g/mol. The van der Waals surface area contributed by atoms with Crippen LogP contribution in [0.4, 0.5) is 5.82 Å². The molecule has 5 atom stereocenters. The molecule has 0 saturated carbocycles. The number of imidazole rings is 1. The third-order valence-corrected chi connectivity index (χ3v) is 7.62. The van der Waals surface area contributed by atoms with Crippen molar-refractivity contribution in [3.8, 4) is 0 Å². The number of amides is 2. The minimum absolute atomic E-state index is 0.00800. The SMILES string of the molecule is O=C(CC[C@H]1O[C@@H](n2cnc3c(NC(=O)c4ccccc4)ncnc32)[C@H](O)[C@@H]1O)N[C@@H](CO)Cc1c[nH]c2ccccc12. The van der Waals surface area contributed by atoms with E-state index in [4.69, 9.17) is 4.74 Å². The number of para-hydroxylation sites is 1. The highest BCUT2D eigenvalue weighted by Crippen LogP contribution is 2.34. The van der Waals surface area contributed by atoms with Gasteiger partial charge in [0, 0.05) is 29.1 Å². The molecule has 2 aromatic carbocycles. The molecule has 0 spiro atoms. The number of aliphatic hydroxyl groups excluding tert-OH is 3. The van der Waals surface area contributed by atoms with Crippen molar-refractivity contribution in [2.75, 3.05) is 11.9 Å². The van der Waals surface area contributed by atoms with Crippen LogP contribution in [0.2, 0.25) is 0 Å². The van der Waals surface area contributed by atoms with E-state index in [0.717, 1.165) is 16.5 Å². The van der Waals surface area contributed by atoms with Crippen LogP contribution in [0, 0.1) is 0 Å². The summed E-state index contributed by atoms with van der Waals surface area (Å²) in [5.74, 6) is -0.497. The molecular weight excluding hydrogens is 554 g/mol. The first-order valence-electron chi connectivity index (χ1n) is 13.9. The van der Waals surface area contributed by atoms with Crippen LogP contribution in [0.5, 0.6) is 0 Å². The molecule has 0 radical (unpaired) electrons. The Morgan fingerprint density at radius 3 is 2.63 bits per heavy atom. The van der Waals surface area contributed by atoms with Gasteiger partial charge in [0.05, 0.1) is 25.1 Å². The smallest absolute Gasteiger partial charge is 0.256 e. The number of carbonyl (C=O) groups is 2. The molecule has 222 valence electrons. The molecule has 0 unspecified atom stereocenters. The Morgan fingerprint density at radius 2 is 1.81 bits per heavy atom. The first kappa shape index (κ1) is 28.4. The molecule has 6 rings (SSSR count). The molecule has 4 heterocycles. The van der Waals surface area contributed by atoms with E-state index in [1.165, 1.54) is 17.2 Å². The summed E-state index contributed by atoms with van der Waals surface area (Å²) in [6.07, 6.45) is 0.631. The minimum atomic E-state index is -1.32. The second-order valence-corrected chi connectivity index (χ2v) is 10.5. The molecule has 6 N–H and O–H groups in total. The zero-order chi connectivity index (χ0) is 29.9. The molecule has 1 fully saturated rings. The molecule has 1 aliphatic heterocycles. The van der Waals surface area contributed by atoms with Gasteiger partial charge in [0.2, 0.25) is 5.91 Å². The maximum Gasteiger partial charge on any atom is 0.256 e. The summed E-state index contributed by atoms with van der Waals surface area (Å²) in [5.41, 5.74) is 2.98. The zero-order valence-corrected chi connectivity index (χ0v) is 23.0. The van der Waals surface area contributed by atoms with Crippen LogP contribution in [0.15, 0.2) is 73.4 Å². The van der Waals surface area contributed by atoms with Crippen molar-refractivity contribution in [3.63, 3.8) is 0 Å². The fourth-order valence-corrected chi connectivity index (χ4v) is 5.40. The lowest BCUT2D eigenvalue weighted by Gasteiger charge is -2.18. The molecule has 3 aromatic heterocycles. The molecule has 5 aromatic rings. The van der Waals surface area contributed by atoms with Crippen LogP contribution < -0.4 is 10.6 Å². The number of H-pyrrole nitrogens is 1. The van der Waals surface area contributed by atoms with E-state index in [2.05, 4.69) is 30.6 Å². The lowest BCUT2D eigenvalue weighted by atomic mass is 10.0. The Morgan fingerprint density at radius 1 is 1.02 bits per heavy atom. The molecule has 1 saturated heterocycles. The van der Waals surface area contributed by atoms with E-state index in [1.54, 1.807) is 30.3 Å². The topological polar surface area (TPSA) is 188 Å². The summed E-state index contributed by atoms with van der Waals surface area (Å²) in [6, 6.07) is 16.0. The van der Waals surface area contributed by atoms with Crippen molar-refractivity contribution in [1.82, 2.24) is 29.8 Å². The van der Waals surface area contributed by atoms with E-state index in [1.807, 2.05) is 30.5 Å². The lowest BCUT2D eigenvalue weighted by Crippen LogP contribution is -2.39. The number of aromatic nitrogens is 5. The van der Waals surface area contributed by atoms with Crippen LogP contribution in [-0.2, 0) is 16.0 Å². The second kappa shape index (κ2) is 12.3. The van der Waals surface area contributed by atoms with Gasteiger partial charge in [-0.05, 0) is 36.6 Å². The molecule has 2 amide bonds. The summed E-state index contributed by atoms with van der Waals surface area (Å²) in [6.45, 7) is -0.238. The number of aromatic amines is 1. The summed E-state index contributed by atoms with van der Waals surface area (Å²) >= 11 is 0. The number of anilines is 1. The van der Waals surface area contributed by atoms with Gasteiger partial charge in [0.25, 0.3) is 5.91 Å². The molecule has 13 nitrogen and oxygen atoms in total. The Labute approximate surface area is 245 Å². The second-order valence-electron chi connectivity index (χ2n) is 10.5. The lowest BCUT2D eigenvalue weighted by molar-refractivity contribution is -0.123. The van der Waals surface area contributed by atoms with Gasteiger partial charge < -0.3 is 35.7 Å². The predicted molar refractivity (Wildman–Crippen MR) is 156 cm³/mol. The minimum Gasteiger partial charge on any atom is -0.394 e. The van der Waals surface area contributed by atoms with Gasteiger partial charge in [-0.25, -0.2) is 15.0 Å². The molecule has 0 bridgehead atoms. The third kappa shape index (κ3) is 5.83. The highest BCUT2D eigenvalue weighted by Gasteiger charge is 2.44. The molecular formula is C30H31N7O6. The molecule has 1 aliphatic rings. The number of aliphatic hydroxyl groups is 3. The van der Waals surface area contributed by atoms with Gasteiger partial charge in [-0.3, -0.25) is 14.2 Å². The number of rotatable bonds is 10. The quantitative estimate of drug-likeness (QED) is 0.142. The first-order chi connectivity index (χ1) is 20.9. The Bertz CT molecular complexity index is 1740. The van der Waals surface area contributed by atoms with Crippen molar-refractivity contribution in [2.24, 2.45) is 0 Å². The van der Waals surface area contributed by atoms with E-state index in [9.17, 15) is 24.9 Å². The maximum absolute atomic E-state index is 12.8. The zero-order valence-electron chi connectivity index (χ0n) is 23.0. The Balaban J connectivity index is 1.08. The van der Waals surface area contributed by atoms with E-state index in [-0.39, 0.29) is 48.2 Å². The third-order valence-electron chi connectivity index (χ3n) is 7.62. The van der Waals surface area contributed by atoms with E-state index in [0.29, 0.717) is 12.0 Å². The average molecular weight is 586 g/mol. The largest absolute Gasteiger partial charge is 0.394 e. The average Bonchev–Trinajstić information content (AvgIpc) is 3.72. The van der Waals surface area contributed by atoms with E-state index >= 15 is 0 Å². The summed E-state index contributed by atoms with van der Waals surface area (Å²) in [4.78, 5) is 41.3. The van der Waals surface area contributed by atoms with Gasteiger partial charge in [0.1, 0.15) is 18.5 Å². The van der Waals surface area contributed by atoms with Crippen molar-refractivity contribution >= 4 is 39.7 Å². The van der Waals surface area contributed by atoms with Crippen molar-refractivity contribution in [3.05, 3.63) is 84.6 Å². The Hall–Kier alpha value is -4.69. The summed E-state index contributed by atoms with van der Waals surface area (Å²) < 4.78 is 7.45. The normalized spacial score (nSPS) is 20.8. The molecule has 13 heteroatoms. The fourth-order valence-electron chi connectivity index (χ4n) is 5.40. The van der Waals surface area contributed by atoms with Gasteiger partial charge in [0.15, 0.2) is 23.2 Å². The Kier molecular flexibility index (Phi) is 8.11. The van der Waals surface area contributed by atoms with Crippen LogP contribution in [-0.4, -0.2) is 82.6 Å². The van der Waals surface area contributed by atoms with Gasteiger partial charge in [-0.1, -0.05) is 36.4 Å². The molecule has 43 heavy (non-hydrogen) atoms. The maximum atomic E-state index is 12.8. The predicted octanol–water partition coefficient (Wildman–Crippen LogP) is 1.68. The highest BCUT2D eigenvalue weighted by molar-refractivity contribution is 6.06. The van der Waals surface area contributed by atoms with Crippen LogP contribution >= 0.6 is 0 Å². The highest BCUT2D eigenvalue weighted by atomic mass is 16.6. The van der Waals surface area contributed by atoms with Crippen molar-refractivity contribution < 1.29 is 29.6 Å². The van der Waals surface area contributed by atoms with Gasteiger partial charge >= 0.3 is 0 Å². The standard InChI is InChI=1S/C30H31N7O6/c38-14-19(12-18-13-31-21-9-5-4-8-20(18)21)35-23(39)11-10-22-25(40)26(41)30(43-22)37-16-34-24-27(32-15-33-28(24)37)36-29(42)17-6-2-1-3-7-17/h1-9,13,15-16,19,22,25-26,30-31,38,40-41H,10-12,14H2,(H,35,39)(H,32,33,36,42)/t19-,22-,25-,26-,30-/m1/s1. The van der Waals surface area contributed by atoms with Crippen molar-refractivity contribution in [2.45, 2.75) is 49.8 Å². The number of hydrogen-bond donors (Lipinski definition) is 6. The first-order valence-corrected chi connectivity index (χ1v) is 13.9. The van der Waals surface area contributed by atoms with Crippen LogP contribution in [0.1, 0.15) is 35.0 Å². The number of benzene rings is 2. The number of nitrogens with zero attached hydrogens (tertiary/aromatic N) is 4. The molecule has 0 aliphatic carbocycles. The summed E-state index contributed by atoms with van der Waals surface area (Å²) in [7, 11) is 0. The van der Waals surface area contributed by atoms with Crippen LogP contribution in [0.3, 0.4) is 0 Å². The number of ether oxygens (including phenoxy) is 1. The van der Waals surface area contributed by atoms with Crippen LogP contribution in [0.25, 0.3) is 22.1 Å². The number of nitrogens with one attached hydrogen (secondary N) is 3.